The van der Waals surface area contributed by atoms with Crippen LogP contribution in [0.4, 0.5) is 18.0 Å². The number of alkyl halides is 3. The molecule has 0 bridgehead atoms. The van der Waals surface area contributed by atoms with Crippen LogP contribution in [0.15, 0.2) is 28.7 Å². The Balaban J connectivity index is 3.23. The standard InChI is InChI=1S/C19H27F3N2O3S/c1-12(23-16(25)27-17(2,3)4)15(24-28(26)18(5,6)7)13-8-10-14(11-9-13)19(20,21)22/h8-12H,1-7H3,(H,23,25)/b24-15+/t12-,28?/m0/s1. The van der Waals surface area contributed by atoms with Crippen molar-refractivity contribution < 1.29 is 27.3 Å². The molecule has 1 aromatic rings. The van der Waals surface area contributed by atoms with Crippen LogP contribution < -0.4 is 5.32 Å². The number of amides is 1. The third-order valence-corrected chi connectivity index (χ3v) is 4.77. The first-order chi connectivity index (χ1) is 12.5. The number of hydrogen-bond acceptors (Lipinski definition) is 4. The molecular formula is C19H27F3N2O3S. The fourth-order valence-electron chi connectivity index (χ4n) is 1.99. The Bertz CT molecular complexity index is 705. The smallest absolute Gasteiger partial charge is 0.416 e. The van der Waals surface area contributed by atoms with Crippen molar-refractivity contribution in [2.75, 3.05) is 0 Å². The van der Waals surface area contributed by atoms with Crippen molar-refractivity contribution in [2.24, 2.45) is 4.40 Å². The van der Waals surface area contributed by atoms with Gasteiger partial charge in [-0.05, 0) is 60.6 Å². The molecular weight excluding hydrogens is 393 g/mol. The number of carbonyl (C=O) groups is 1. The van der Waals surface area contributed by atoms with Gasteiger partial charge in [-0.25, -0.2) is 4.79 Å². The fourth-order valence-corrected chi connectivity index (χ4v) is 2.71. The van der Waals surface area contributed by atoms with E-state index in [4.69, 9.17) is 4.74 Å². The lowest BCUT2D eigenvalue weighted by molar-refractivity contribution is -0.137. The molecule has 0 aliphatic rings. The van der Waals surface area contributed by atoms with E-state index in [9.17, 15) is 22.5 Å². The summed E-state index contributed by atoms with van der Waals surface area (Å²) in [5.41, 5.74) is -0.994. The lowest BCUT2D eigenvalue weighted by atomic mass is 10.0. The lowest BCUT2D eigenvalue weighted by Crippen LogP contribution is -2.42. The number of benzene rings is 1. The number of halogens is 3. The first kappa shape index (κ1) is 24.3. The minimum Gasteiger partial charge on any atom is -0.591 e. The molecule has 1 N–H and O–H groups in total. The lowest BCUT2D eigenvalue weighted by Gasteiger charge is -2.24. The van der Waals surface area contributed by atoms with E-state index in [1.54, 1.807) is 48.5 Å². The average Bonchev–Trinajstić information content (AvgIpc) is 2.48. The summed E-state index contributed by atoms with van der Waals surface area (Å²) in [5, 5.41) is 2.59. The zero-order valence-electron chi connectivity index (χ0n) is 17.1. The highest BCUT2D eigenvalue weighted by Crippen LogP contribution is 2.29. The highest BCUT2D eigenvalue weighted by atomic mass is 32.2. The van der Waals surface area contributed by atoms with Gasteiger partial charge in [-0.15, -0.1) is 0 Å². The molecule has 2 atom stereocenters. The normalized spacial score (nSPS) is 15.8. The van der Waals surface area contributed by atoms with Crippen molar-refractivity contribution in [3.63, 3.8) is 0 Å². The molecule has 158 valence electrons. The molecule has 0 saturated heterocycles. The van der Waals surface area contributed by atoms with E-state index >= 15 is 0 Å². The molecule has 28 heavy (non-hydrogen) atoms. The van der Waals surface area contributed by atoms with Crippen LogP contribution in [0, 0.1) is 0 Å². The predicted molar refractivity (Wildman–Crippen MR) is 105 cm³/mol. The molecule has 0 radical (unpaired) electrons. The van der Waals surface area contributed by atoms with Crippen molar-refractivity contribution in [3.05, 3.63) is 35.4 Å². The Morgan fingerprint density at radius 3 is 2.00 bits per heavy atom. The summed E-state index contributed by atoms with van der Waals surface area (Å²) < 4.78 is 59.7. The van der Waals surface area contributed by atoms with Gasteiger partial charge >= 0.3 is 12.3 Å². The van der Waals surface area contributed by atoms with E-state index in [-0.39, 0.29) is 5.71 Å². The quantitative estimate of drug-likeness (QED) is 0.558. The summed E-state index contributed by atoms with van der Waals surface area (Å²) in [6.07, 6.45) is -5.18. The molecule has 0 aliphatic heterocycles. The van der Waals surface area contributed by atoms with E-state index in [0.717, 1.165) is 12.1 Å². The van der Waals surface area contributed by atoms with Crippen LogP contribution in [-0.4, -0.2) is 32.7 Å². The zero-order chi connectivity index (χ0) is 21.9. The number of nitrogens with zero attached hydrogens (tertiary/aromatic N) is 1. The van der Waals surface area contributed by atoms with Gasteiger partial charge in [0, 0.05) is 5.56 Å². The monoisotopic (exact) mass is 420 g/mol. The molecule has 1 unspecified atom stereocenters. The Hall–Kier alpha value is -1.74. The second-order valence-corrected chi connectivity index (χ2v) is 10.2. The third kappa shape index (κ3) is 7.71. The highest BCUT2D eigenvalue weighted by Gasteiger charge is 2.32. The maximum absolute atomic E-state index is 12.8. The highest BCUT2D eigenvalue weighted by molar-refractivity contribution is 7.91. The van der Waals surface area contributed by atoms with Crippen molar-refractivity contribution in [3.8, 4) is 0 Å². The molecule has 1 amide bonds. The Morgan fingerprint density at radius 1 is 1.11 bits per heavy atom. The summed E-state index contributed by atoms with van der Waals surface area (Å²) in [6, 6.07) is 3.59. The summed E-state index contributed by atoms with van der Waals surface area (Å²) in [4.78, 5) is 12.1. The average molecular weight is 420 g/mol. The minimum atomic E-state index is -4.47. The van der Waals surface area contributed by atoms with Crippen molar-refractivity contribution in [1.82, 2.24) is 5.32 Å². The molecule has 0 aromatic heterocycles. The van der Waals surface area contributed by atoms with Gasteiger partial charge in [0.2, 0.25) is 0 Å². The summed E-state index contributed by atoms with van der Waals surface area (Å²) in [7, 11) is 0. The molecule has 0 fully saturated rings. The first-order valence-electron chi connectivity index (χ1n) is 8.68. The molecule has 0 saturated carbocycles. The Kier molecular flexibility index (Phi) is 7.58. The van der Waals surface area contributed by atoms with Crippen LogP contribution in [0.5, 0.6) is 0 Å². The summed E-state index contributed by atoms with van der Waals surface area (Å²) in [6.45, 7) is 11.9. The van der Waals surface area contributed by atoms with Gasteiger partial charge in [-0.3, -0.25) is 0 Å². The maximum Gasteiger partial charge on any atom is 0.416 e. The van der Waals surface area contributed by atoms with Gasteiger partial charge in [0.05, 0.1) is 11.6 Å². The Morgan fingerprint density at radius 2 is 1.61 bits per heavy atom. The number of nitrogens with one attached hydrogen (secondary N) is 1. The van der Waals surface area contributed by atoms with Gasteiger partial charge in [0.1, 0.15) is 27.4 Å². The van der Waals surface area contributed by atoms with Gasteiger partial charge in [0.15, 0.2) is 0 Å². The van der Waals surface area contributed by atoms with E-state index in [1.165, 1.54) is 12.1 Å². The van der Waals surface area contributed by atoms with Crippen LogP contribution >= 0.6 is 0 Å². The van der Waals surface area contributed by atoms with E-state index in [2.05, 4.69) is 9.71 Å². The Labute approximate surface area is 167 Å². The molecule has 0 heterocycles. The van der Waals surface area contributed by atoms with Crippen molar-refractivity contribution in [2.45, 2.75) is 71.0 Å². The molecule has 9 heteroatoms. The van der Waals surface area contributed by atoms with Crippen molar-refractivity contribution in [1.29, 1.82) is 0 Å². The molecule has 0 aliphatic carbocycles. The van der Waals surface area contributed by atoms with E-state index in [0.29, 0.717) is 5.56 Å². The van der Waals surface area contributed by atoms with E-state index < -0.39 is 45.6 Å². The topological polar surface area (TPSA) is 73.8 Å². The first-order valence-corrected chi connectivity index (χ1v) is 9.79. The van der Waals surface area contributed by atoms with Gasteiger partial charge in [-0.1, -0.05) is 16.5 Å². The number of carbonyl (C=O) groups excluding carboxylic acids is 1. The summed E-state index contributed by atoms with van der Waals surface area (Å²) >= 11 is -1.67. The number of ether oxygens (including phenoxy) is 1. The van der Waals surface area contributed by atoms with Crippen LogP contribution in [-0.2, 0) is 22.3 Å². The number of rotatable bonds is 4. The molecule has 1 rings (SSSR count). The maximum atomic E-state index is 12.8. The molecule has 0 spiro atoms. The second-order valence-electron chi connectivity index (χ2n) is 8.28. The van der Waals surface area contributed by atoms with Crippen molar-refractivity contribution >= 4 is 23.2 Å². The predicted octanol–water partition coefficient (Wildman–Crippen LogP) is 4.87. The number of hydrogen-bond donors (Lipinski definition) is 1. The van der Waals surface area contributed by atoms with Gasteiger partial charge in [0.25, 0.3) is 0 Å². The summed E-state index contributed by atoms with van der Waals surface area (Å²) in [5.74, 6) is 0. The zero-order valence-corrected chi connectivity index (χ0v) is 17.9. The van der Waals surface area contributed by atoms with Crippen LogP contribution in [0.1, 0.15) is 59.6 Å². The SMILES string of the molecule is C[C@H](NC(=O)OC(C)(C)C)/C(=N\[S+]([O-])C(C)(C)C)c1ccc(C(F)(F)F)cc1. The van der Waals surface area contributed by atoms with Crippen LogP contribution in [0.2, 0.25) is 0 Å². The minimum absolute atomic E-state index is 0.202. The second kappa shape index (κ2) is 8.73. The molecule has 5 nitrogen and oxygen atoms in total. The fraction of sp³-hybridized carbons (Fsp3) is 0.579. The van der Waals surface area contributed by atoms with Gasteiger partial charge in [-0.2, -0.15) is 13.2 Å². The number of alkyl carbamates (subject to hydrolysis) is 1. The largest absolute Gasteiger partial charge is 0.591 e. The van der Waals surface area contributed by atoms with Gasteiger partial charge < -0.3 is 14.6 Å². The van der Waals surface area contributed by atoms with E-state index in [1.807, 2.05) is 0 Å². The van der Waals surface area contributed by atoms with Crippen LogP contribution in [0.25, 0.3) is 0 Å². The van der Waals surface area contributed by atoms with Crippen LogP contribution in [0.3, 0.4) is 0 Å². The molecule has 1 aromatic carbocycles. The third-order valence-electron chi connectivity index (χ3n) is 3.36.